The van der Waals surface area contributed by atoms with Crippen molar-refractivity contribution in [3.05, 3.63) is 102 Å². The number of nitrogens with one attached hydrogen (secondary N) is 1. The number of hydrogen-bond acceptors (Lipinski definition) is 5. The van der Waals surface area contributed by atoms with Crippen LogP contribution in [0.5, 0.6) is 5.75 Å². The lowest BCUT2D eigenvalue weighted by Gasteiger charge is -2.32. The predicted octanol–water partition coefficient (Wildman–Crippen LogP) is 3.15. The van der Waals surface area contributed by atoms with Gasteiger partial charge in [0.15, 0.2) is 6.61 Å². The summed E-state index contributed by atoms with van der Waals surface area (Å²) in [6.45, 7) is 4.57. The second-order valence-electron chi connectivity index (χ2n) is 9.06. The van der Waals surface area contributed by atoms with Crippen molar-refractivity contribution < 1.29 is 19.1 Å². The fourth-order valence-corrected chi connectivity index (χ4v) is 4.36. The van der Waals surface area contributed by atoms with Crippen LogP contribution < -0.4 is 10.1 Å². The van der Waals surface area contributed by atoms with Crippen LogP contribution in [-0.4, -0.2) is 73.7 Å². The van der Waals surface area contributed by atoms with Gasteiger partial charge in [-0.2, -0.15) is 0 Å². The molecule has 0 aromatic heterocycles. The smallest absolute Gasteiger partial charge is 0.261 e. The van der Waals surface area contributed by atoms with Crippen LogP contribution in [0.2, 0.25) is 0 Å². The van der Waals surface area contributed by atoms with Crippen LogP contribution in [0.4, 0.5) is 0 Å². The zero-order valence-electron chi connectivity index (χ0n) is 21.1. The molecule has 1 N–H and O–H groups in total. The molecule has 7 nitrogen and oxygen atoms in total. The molecule has 0 radical (unpaired) electrons. The summed E-state index contributed by atoms with van der Waals surface area (Å²) in [6.07, 6.45) is 0.411. The normalized spacial score (nSPS) is 14.5. The highest BCUT2D eigenvalue weighted by atomic mass is 16.5. The molecule has 194 valence electrons. The van der Waals surface area contributed by atoms with Gasteiger partial charge >= 0.3 is 0 Å². The fraction of sp³-hybridized carbons (Fsp3) is 0.333. The molecule has 0 aliphatic carbocycles. The first-order valence-electron chi connectivity index (χ1n) is 12.8. The van der Waals surface area contributed by atoms with E-state index in [1.54, 1.807) is 4.90 Å². The van der Waals surface area contributed by atoms with Gasteiger partial charge in [0.2, 0.25) is 5.91 Å². The monoisotopic (exact) mass is 501 g/mol. The molecule has 4 rings (SSSR count). The van der Waals surface area contributed by atoms with Crippen LogP contribution in [0.3, 0.4) is 0 Å². The Morgan fingerprint density at radius 2 is 1.46 bits per heavy atom. The molecular formula is C30H35N3O4. The Kier molecular flexibility index (Phi) is 10.1. The summed E-state index contributed by atoms with van der Waals surface area (Å²) in [5, 5.41) is 3.09. The third-order valence-electron chi connectivity index (χ3n) is 6.40. The van der Waals surface area contributed by atoms with E-state index < -0.39 is 6.04 Å². The number of nitrogens with zero attached hydrogens (tertiary/aromatic N) is 2. The van der Waals surface area contributed by atoms with E-state index in [1.165, 1.54) is 0 Å². The molecular weight excluding hydrogens is 466 g/mol. The van der Waals surface area contributed by atoms with Crippen molar-refractivity contribution in [2.45, 2.75) is 19.0 Å². The van der Waals surface area contributed by atoms with Crippen molar-refractivity contribution in [3.8, 4) is 5.75 Å². The average molecular weight is 502 g/mol. The van der Waals surface area contributed by atoms with Crippen LogP contribution in [0.25, 0.3) is 0 Å². The third-order valence-corrected chi connectivity index (χ3v) is 6.40. The van der Waals surface area contributed by atoms with Crippen molar-refractivity contribution in [1.82, 2.24) is 15.1 Å². The number of amides is 2. The summed E-state index contributed by atoms with van der Waals surface area (Å²) < 4.78 is 11.2. The molecule has 0 saturated carbocycles. The zero-order chi connectivity index (χ0) is 25.7. The fourth-order valence-electron chi connectivity index (χ4n) is 4.36. The molecule has 1 aliphatic rings. The number of carbonyl (C=O) groups excluding carboxylic acids is 2. The first-order valence-corrected chi connectivity index (χ1v) is 12.8. The lowest BCUT2D eigenvalue weighted by atomic mass is 10.0. The molecule has 7 heteroatoms. The second-order valence-corrected chi connectivity index (χ2v) is 9.06. The maximum absolute atomic E-state index is 13.6. The Morgan fingerprint density at radius 1 is 0.865 bits per heavy atom. The van der Waals surface area contributed by atoms with Crippen molar-refractivity contribution in [2.75, 3.05) is 46.0 Å². The molecule has 1 aliphatic heterocycles. The Morgan fingerprint density at radius 3 is 2.11 bits per heavy atom. The maximum atomic E-state index is 13.6. The van der Waals surface area contributed by atoms with Gasteiger partial charge in [0.1, 0.15) is 11.8 Å². The highest BCUT2D eigenvalue weighted by molar-refractivity contribution is 5.88. The number of hydrogen-bond donors (Lipinski definition) is 1. The minimum absolute atomic E-state index is 0.150. The number of morpholine rings is 1. The van der Waals surface area contributed by atoms with E-state index in [2.05, 4.69) is 10.2 Å². The summed E-state index contributed by atoms with van der Waals surface area (Å²) in [7, 11) is 0. The van der Waals surface area contributed by atoms with E-state index in [4.69, 9.17) is 9.47 Å². The first kappa shape index (κ1) is 26.4. The lowest BCUT2D eigenvalue weighted by Crippen LogP contribution is -2.52. The van der Waals surface area contributed by atoms with Gasteiger partial charge in [-0.25, -0.2) is 0 Å². The minimum Gasteiger partial charge on any atom is -0.484 e. The molecule has 1 saturated heterocycles. The summed E-state index contributed by atoms with van der Waals surface area (Å²) >= 11 is 0. The molecule has 0 unspecified atom stereocenters. The summed E-state index contributed by atoms with van der Waals surface area (Å²) in [5.41, 5.74) is 1.94. The molecule has 0 bridgehead atoms. The van der Waals surface area contributed by atoms with E-state index in [0.717, 1.165) is 30.8 Å². The van der Waals surface area contributed by atoms with Crippen molar-refractivity contribution in [3.63, 3.8) is 0 Å². The maximum Gasteiger partial charge on any atom is 0.261 e. The van der Waals surface area contributed by atoms with Crippen LogP contribution in [-0.2, 0) is 27.3 Å². The summed E-state index contributed by atoms with van der Waals surface area (Å²) in [4.78, 5) is 31.1. The van der Waals surface area contributed by atoms with Crippen LogP contribution in [0.1, 0.15) is 11.1 Å². The van der Waals surface area contributed by atoms with Gasteiger partial charge in [0.05, 0.1) is 13.2 Å². The number of ether oxygens (including phenoxy) is 2. The summed E-state index contributed by atoms with van der Waals surface area (Å²) in [6, 6.07) is 28.1. The van der Waals surface area contributed by atoms with E-state index in [1.807, 2.05) is 91.0 Å². The van der Waals surface area contributed by atoms with E-state index in [9.17, 15) is 9.59 Å². The van der Waals surface area contributed by atoms with Gasteiger partial charge in [0.25, 0.3) is 5.91 Å². The highest BCUT2D eigenvalue weighted by Crippen LogP contribution is 2.16. The number of carbonyl (C=O) groups is 2. The molecule has 1 heterocycles. The van der Waals surface area contributed by atoms with E-state index in [-0.39, 0.29) is 18.4 Å². The van der Waals surface area contributed by atoms with Gasteiger partial charge in [-0.15, -0.1) is 0 Å². The molecule has 2 amide bonds. The van der Waals surface area contributed by atoms with Gasteiger partial charge in [-0.05, 0) is 23.3 Å². The van der Waals surface area contributed by atoms with E-state index >= 15 is 0 Å². The molecule has 1 fully saturated rings. The zero-order valence-corrected chi connectivity index (χ0v) is 21.1. The molecule has 37 heavy (non-hydrogen) atoms. The van der Waals surface area contributed by atoms with Gasteiger partial charge in [0, 0.05) is 39.1 Å². The van der Waals surface area contributed by atoms with E-state index in [0.29, 0.717) is 38.5 Å². The molecule has 1 atom stereocenters. The van der Waals surface area contributed by atoms with Gasteiger partial charge in [-0.3, -0.25) is 14.5 Å². The number of para-hydroxylation sites is 1. The lowest BCUT2D eigenvalue weighted by molar-refractivity contribution is -0.142. The van der Waals surface area contributed by atoms with Crippen LogP contribution in [0, 0.1) is 0 Å². The van der Waals surface area contributed by atoms with Crippen molar-refractivity contribution in [1.29, 1.82) is 0 Å². The largest absolute Gasteiger partial charge is 0.484 e. The Balaban J connectivity index is 1.52. The van der Waals surface area contributed by atoms with Crippen LogP contribution in [0.15, 0.2) is 91.0 Å². The SMILES string of the molecule is O=C(NCCN1CCOCC1)[C@H](Cc1ccccc1)N(Cc1ccccc1)C(=O)COc1ccccc1. The quantitative estimate of drug-likeness (QED) is 0.413. The van der Waals surface area contributed by atoms with Crippen LogP contribution >= 0.6 is 0 Å². The van der Waals surface area contributed by atoms with Crippen molar-refractivity contribution >= 4 is 11.8 Å². The topological polar surface area (TPSA) is 71.1 Å². The predicted molar refractivity (Wildman–Crippen MR) is 143 cm³/mol. The second kappa shape index (κ2) is 14.2. The Labute approximate surface area is 219 Å². The Hall–Kier alpha value is -3.68. The summed E-state index contributed by atoms with van der Waals surface area (Å²) in [5.74, 6) is 0.211. The van der Waals surface area contributed by atoms with Gasteiger partial charge in [-0.1, -0.05) is 78.9 Å². The van der Waals surface area contributed by atoms with Gasteiger partial charge < -0.3 is 19.7 Å². The average Bonchev–Trinajstić information content (AvgIpc) is 2.96. The molecule has 3 aromatic rings. The minimum atomic E-state index is -0.681. The third kappa shape index (κ3) is 8.44. The standard InChI is InChI=1S/C30H35N3O4/c34-29(24-37-27-14-8-3-9-15-27)33(23-26-12-6-2-7-13-26)28(22-25-10-4-1-5-11-25)30(35)31-16-17-32-18-20-36-21-19-32/h1-15,28H,16-24H2,(H,31,35)/t28-/m0/s1. The van der Waals surface area contributed by atoms with Crippen molar-refractivity contribution in [2.24, 2.45) is 0 Å². The Bertz CT molecular complexity index is 1090. The molecule has 0 spiro atoms. The highest BCUT2D eigenvalue weighted by Gasteiger charge is 2.30. The first-order chi connectivity index (χ1) is 18.2. The number of benzene rings is 3. The number of rotatable bonds is 12. The molecule has 3 aromatic carbocycles.